The van der Waals surface area contributed by atoms with E-state index in [-0.39, 0.29) is 24.1 Å². The Morgan fingerprint density at radius 1 is 1.15 bits per heavy atom. The standard InChI is InChI=1S/C26H33NO13/c1-2-15-16(6-5-13-8-14(23(34)35)10-27(9-13)7-3-4-19(29)30)17(24(36)37)12-38-25(15)40-26-22(33)21(32)20(31)18(11-28)39-26/h2,5-6,8-9,12,15-16,18,20-22,25-26,28,31-33H,1,3-4,7,10-11H2,(H,29,30)(H,34,35)(H,36,37). The van der Waals surface area contributed by atoms with Gasteiger partial charge in [-0.3, -0.25) is 4.79 Å². The number of carbonyl (C=O) groups is 3. The Morgan fingerprint density at radius 3 is 2.48 bits per heavy atom. The lowest BCUT2D eigenvalue weighted by molar-refractivity contribution is -0.842. The minimum atomic E-state index is -1.73. The van der Waals surface area contributed by atoms with Gasteiger partial charge in [0.25, 0.3) is 0 Å². The first-order valence-corrected chi connectivity index (χ1v) is 12.5. The molecule has 3 aliphatic rings. The molecule has 0 aromatic heterocycles. The van der Waals surface area contributed by atoms with Gasteiger partial charge in [-0.1, -0.05) is 18.2 Å². The fourth-order valence-corrected chi connectivity index (χ4v) is 4.70. The number of rotatable bonds is 12. The Bertz CT molecular complexity index is 1090. The number of aliphatic hydroxyl groups is 4. The van der Waals surface area contributed by atoms with Gasteiger partial charge >= 0.3 is 11.9 Å². The predicted molar refractivity (Wildman–Crippen MR) is 131 cm³/mol. The zero-order valence-corrected chi connectivity index (χ0v) is 21.4. The first kappa shape index (κ1) is 31.2. The maximum atomic E-state index is 11.9. The van der Waals surface area contributed by atoms with Crippen molar-refractivity contribution in [3.05, 3.63) is 60.1 Å². The molecule has 14 heteroatoms. The summed E-state index contributed by atoms with van der Waals surface area (Å²) >= 11 is 0. The highest BCUT2D eigenvalue weighted by molar-refractivity contribution is 5.88. The second-order valence-electron chi connectivity index (χ2n) is 9.60. The summed E-state index contributed by atoms with van der Waals surface area (Å²) in [7, 11) is 0. The van der Waals surface area contributed by atoms with Crippen molar-refractivity contribution in [2.75, 3.05) is 19.7 Å². The third-order valence-electron chi connectivity index (χ3n) is 6.83. The van der Waals surface area contributed by atoms with Gasteiger partial charge in [0.1, 0.15) is 37.2 Å². The number of allylic oxidation sites excluding steroid dienone is 4. The topological polar surface area (TPSA) is 228 Å². The van der Waals surface area contributed by atoms with E-state index in [1.807, 2.05) is 0 Å². The summed E-state index contributed by atoms with van der Waals surface area (Å²) in [5.41, 5.74) is 0.242. The van der Waals surface area contributed by atoms with Crippen molar-refractivity contribution < 1.29 is 69.2 Å². The lowest BCUT2D eigenvalue weighted by Crippen LogP contribution is -3.08. The molecule has 3 aliphatic heterocycles. The van der Waals surface area contributed by atoms with Crippen LogP contribution in [0.5, 0.6) is 0 Å². The van der Waals surface area contributed by atoms with E-state index in [1.165, 1.54) is 24.3 Å². The van der Waals surface area contributed by atoms with Crippen molar-refractivity contribution in [2.24, 2.45) is 11.8 Å². The minimum Gasteiger partial charge on any atom is -0.545 e. The molecule has 1 fully saturated rings. The third kappa shape index (κ3) is 7.42. The lowest BCUT2D eigenvalue weighted by atomic mass is 9.83. The van der Waals surface area contributed by atoms with Crippen LogP contribution in [0.4, 0.5) is 0 Å². The van der Waals surface area contributed by atoms with E-state index in [4.69, 9.17) is 19.3 Å². The van der Waals surface area contributed by atoms with Gasteiger partial charge in [-0.15, -0.1) is 6.58 Å². The summed E-state index contributed by atoms with van der Waals surface area (Å²) in [5, 5.41) is 70.1. The Morgan fingerprint density at radius 2 is 1.88 bits per heavy atom. The molecule has 40 heavy (non-hydrogen) atoms. The molecule has 0 spiro atoms. The zero-order valence-electron chi connectivity index (χ0n) is 21.4. The van der Waals surface area contributed by atoms with Crippen molar-refractivity contribution in [3.8, 4) is 0 Å². The summed E-state index contributed by atoms with van der Waals surface area (Å²) in [6.07, 6.45) is -0.543. The number of hydrogen-bond donors (Lipinski definition) is 7. The van der Waals surface area contributed by atoms with Crippen LogP contribution in [0.3, 0.4) is 0 Å². The molecular formula is C26H33NO13. The average Bonchev–Trinajstić information content (AvgIpc) is 2.91. The fraction of sp³-hybridized carbons (Fsp3) is 0.500. The molecule has 9 unspecified atom stereocenters. The van der Waals surface area contributed by atoms with E-state index in [0.29, 0.717) is 23.4 Å². The van der Waals surface area contributed by atoms with Gasteiger partial charge in [-0.2, -0.15) is 0 Å². The number of ether oxygens (including phenoxy) is 3. The summed E-state index contributed by atoms with van der Waals surface area (Å²) in [6, 6.07) is 0. The molecule has 0 saturated carbocycles. The van der Waals surface area contributed by atoms with Crippen molar-refractivity contribution in [2.45, 2.75) is 49.8 Å². The molecule has 1 saturated heterocycles. The third-order valence-corrected chi connectivity index (χ3v) is 6.83. The van der Waals surface area contributed by atoms with Gasteiger partial charge in [-0.25, -0.2) is 4.79 Å². The normalized spacial score (nSPS) is 34.3. The summed E-state index contributed by atoms with van der Waals surface area (Å²) in [5.74, 6) is -5.54. The van der Waals surface area contributed by atoms with Crippen molar-refractivity contribution in [3.63, 3.8) is 0 Å². The number of carboxylic acid groups (broad SMARTS) is 3. The van der Waals surface area contributed by atoms with Gasteiger partial charge in [0.05, 0.1) is 37.4 Å². The van der Waals surface area contributed by atoms with Gasteiger partial charge in [0, 0.05) is 29.4 Å². The fourth-order valence-electron chi connectivity index (χ4n) is 4.70. The number of quaternary nitrogens is 1. The van der Waals surface area contributed by atoms with Crippen molar-refractivity contribution in [1.82, 2.24) is 0 Å². The molecule has 14 nitrogen and oxygen atoms in total. The van der Waals surface area contributed by atoms with Gasteiger partial charge in [0.2, 0.25) is 6.29 Å². The van der Waals surface area contributed by atoms with Crippen LogP contribution in [0.15, 0.2) is 60.1 Å². The smallest absolute Gasteiger partial charge is 0.337 e. The Labute approximate surface area is 229 Å². The number of carboxylic acids is 3. The molecule has 3 heterocycles. The molecule has 0 bridgehead atoms. The minimum absolute atomic E-state index is 0.0761. The Hall–Kier alpha value is -3.37. The highest BCUT2D eigenvalue weighted by atomic mass is 16.8. The maximum Gasteiger partial charge on any atom is 0.337 e. The zero-order chi connectivity index (χ0) is 29.6. The van der Waals surface area contributed by atoms with Crippen LogP contribution in [0, 0.1) is 11.8 Å². The van der Waals surface area contributed by atoms with E-state index in [2.05, 4.69) is 6.58 Å². The number of carbonyl (C=O) groups excluding carboxylic acids is 1. The SMILES string of the molecule is C=CC1C(OC2OC(CO)C(O)C(O)C2O)OC=C(C(=O)[O-])C1C=CC1=C[NH+](CCCC(=O)O)CC(C(=O)O)=C1. The van der Waals surface area contributed by atoms with Gasteiger partial charge in [-0.05, 0) is 6.08 Å². The van der Waals surface area contributed by atoms with Crippen LogP contribution in [-0.4, -0.2) is 105 Å². The van der Waals surface area contributed by atoms with Crippen LogP contribution >= 0.6 is 0 Å². The van der Waals surface area contributed by atoms with Gasteiger partial charge in [0.15, 0.2) is 6.29 Å². The quantitative estimate of drug-likeness (QED) is 0.113. The van der Waals surface area contributed by atoms with Crippen LogP contribution in [0.2, 0.25) is 0 Å². The van der Waals surface area contributed by atoms with E-state index < -0.39 is 73.3 Å². The lowest BCUT2D eigenvalue weighted by Gasteiger charge is -2.43. The first-order valence-electron chi connectivity index (χ1n) is 12.5. The molecule has 0 amide bonds. The van der Waals surface area contributed by atoms with Crippen LogP contribution in [0.25, 0.3) is 0 Å². The molecule has 0 radical (unpaired) electrons. The molecule has 0 aliphatic carbocycles. The van der Waals surface area contributed by atoms with Gasteiger partial charge < -0.3 is 59.7 Å². The largest absolute Gasteiger partial charge is 0.545 e. The second-order valence-corrected chi connectivity index (χ2v) is 9.60. The first-order chi connectivity index (χ1) is 19.0. The van der Waals surface area contributed by atoms with Crippen molar-refractivity contribution >= 4 is 17.9 Å². The van der Waals surface area contributed by atoms with Crippen molar-refractivity contribution in [1.29, 1.82) is 0 Å². The molecule has 0 aromatic carbocycles. The predicted octanol–water partition coefficient (Wildman–Crippen LogP) is -3.57. The van der Waals surface area contributed by atoms with E-state index in [1.54, 1.807) is 6.20 Å². The molecule has 220 valence electrons. The Kier molecular flexibility index (Phi) is 10.8. The van der Waals surface area contributed by atoms with Crippen LogP contribution < -0.4 is 10.0 Å². The van der Waals surface area contributed by atoms with Crippen LogP contribution in [0.1, 0.15) is 12.8 Å². The monoisotopic (exact) mass is 567 g/mol. The maximum absolute atomic E-state index is 11.9. The summed E-state index contributed by atoms with van der Waals surface area (Å²) in [6.45, 7) is 3.53. The summed E-state index contributed by atoms with van der Waals surface area (Å²) in [4.78, 5) is 35.1. The number of hydrogen-bond acceptors (Lipinski definition) is 11. The molecule has 7 N–H and O–H groups in total. The highest BCUT2D eigenvalue weighted by Gasteiger charge is 2.46. The van der Waals surface area contributed by atoms with Crippen LogP contribution in [-0.2, 0) is 28.6 Å². The second kappa shape index (κ2) is 13.8. The Balaban J connectivity index is 1.85. The average molecular weight is 568 g/mol. The highest BCUT2D eigenvalue weighted by Crippen LogP contribution is 2.35. The number of nitrogens with one attached hydrogen (secondary N) is 1. The molecule has 3 rings (SSSR count). The van der Waals surface area contributed by atoms with E-state index in [9.17, 15) is 45.0 Å². The molecular weight excluding hydrogens is 534 g/mol. The molecule has 0 aromatic rings. The number of aliphatic hydroxyl groups excluding tert-OH is 4. The molecule has 9 atom stereocenters. The number of aliphatic carboxylic acids is 3. The summed E-state index contributed by atoms with van der Waals surface area (Å²) < 4.78 is 16.5. The van der Waals surface area contributed by atoms with E-state index in [0.717, 1.165) is 6.26 Å². The van der Waals surface area contributed by atoms with E-state index >= 15 is 0 Å².